The largest absolute Gasteiger partial charge is 0.396 e. The van der Waals surface area contributed by atoms with E-state index in [1.807, 2.05) is 37.6 Å². The van der Waals surface area contributed by atoms with Gasteiger partial charge in [-0.15, -0.1) is 0 Å². The average Bonchev–Trinajstić information content (AvgIpc) is 2.38. The summed E-state index contributed by atoms with van der Waals surface area (Å²) in [5.74, 6) is 0.168. The number of carbonyl (C=O) groups is 1. The number of piperidine rings is 1. The van der Waals surface area contributed by atoms with E-state index in [1.165, 1.54) is 0 Å². The number of aliphatic hydroxyl groups is 2. The molecule has 0 bridgehead atoms. The van der Waals surface area contributed by atoms with Crippen LogP contribution < -0.4 is 0 Å². The minimum Gasteiger partial charge on any atom is -0.396 e. The predicted molar refractivity (Wildman–Crippen MR) is 74.8 cm³/mol. The first-order valence-electron chi connectivity index (χ1n) is 7.07. The summed E-state index contributed by atoms with van der Waals surface area (Å²) in [6.45, 7) is 7.08. The number of amides is 1. The van der Waals surface area contributed by atoms with Crippen LogP contribution in [0.2, 0.25) is 0 Å². The maximum atomic E-state index is 12.4. The molecule has 0 saturated carbocycles. The monoisotopic (exact) mass is 272 g/mol. The maximum Gasteiger partial charge on any atom is 0.240 e. The van der Waals surface area contributed by atoms with Gasteiger partial charge in [-0.05, 0) is 33.7 Å². The smallest absolute Gasteiger partial charge is 0.240 e. The summed E-state index contributed by atoms with van der Waals surface area (Å²) in [6.07, 6.45) is 1.86. The van der Waals surface area contributed by atoms with E-state index < -0.39 is 5.41 Å². The van der Waals surface area contributed by atoms with Crippen LogP contribution in [0.5, 0.6) is 0 Å². The molecule has 0 aromatic heterocycles. The SMILES string of the molecule is CC(C)N1CCC[C@@H](N(C)CC(C)(CO)CO)C1=O. The lowest BCUT2D eigenvalue weighted by Crippen LogP contribution is -2.55. The molecule has 0 aliphatic carbocycles. The summed E-state index contributed by atoms with van der Waals surface area (Å²) in [7, 11) is 1.90. The molecule has 5 heteroatoms. The van der Waals surface area contributed by atoms with Gasteiger partial charge in [0.2, 0.25) is 5.91 Å². The predicted octanol–water partition coefficient (Wildman–Crippen LogP) is 0.309. The van der Waals surface area contributed by atoms with Crippen LogP contribution in [0.4, 0.5) is 0 Å². The molecular weight excluding hydrogens is 244 g/mol. The molecule has 0 aromatic carbocycles. The van der Waals surface area contributed by atoms with E-state index >= 15 is 0 Å². The van der Waals surface area contributed by atoms with Crippen molar-refractivity contribution in [2.45, 2.75) is 45.7 Å². The van der Waals surface area contributed by atoms with Crippen molar-refractivity contribution in [3.63, 3.8) is 0 Å². The number of carbonyl (C=O) groups excluding carboxylic acids is 1. The number of hydrogen-bond acceptors (Lipinski definition) is 4. The zero-order chi connectivity index (χ0) is 14.6. The average molecular weight is 272 g/mol. The molecule has 0 unspecified atom stereocenters. The third-order valence-corrected chi connectivity index (χ3v) is 3.99. The van der Waals surface area contributed by atoms with Crippen molar-refractivity contribution in [2.75, 3.05) is 33.4 Å². The van der Waals surface area contributed by atoms with Crippen molar-refractivity contribution < 1.29 is 15.0 Å². The second-order valence-electron chi connectivity index (χ2n) is 6.33. The molecular formula is C14H28N2O3. The van der Waals surface area contributed by atoms with E-state index in [-0.39, 0.29) is 31.2 Å². The fourth-order valence-electron chi connectivity index (χ4n) is 2.66. The zero-order valence-electron chi connectivity index (χ0n) is 12.6. The van der Waals surface area contributed by atoms with Crippen LogP contribution in [0, 0.1) is 5.41 Å². The van der Waals surface area contributed by atoms with Crippen LogP contribution in [0.15, 0.2) is 0 Å². The van der Waals surface area contributed by atoms with Crippen molar-refractivity contribution >= 4 is 5.91 Å². The number of likely N-dealkylation sites (N-methyl/N-ethyl adjacent to an activating group) is 1. The Hall–Kier alpha value is -0.650. The lowest BCUT2D eigenvalue weighted by atomic mass is 9.91. The molecule has 2 N–H and O–H groups in total. The van der Waals surface area contributed by atoms with E-state index in [0.29, 0.717) is 6.54 Å². The molecule has 1 aliphatic heterocycles. The van der Waals surface area contributed by atoms with Gasteiger partial charge in [0.1, 0.15) is 0 Å². The van der Waals surface area contributed by atoms with E-state index in [0.717, 1.165) is 19.4 Å². The van der Waals surface area contributed by atoms with Crippen LogP contribution in [-0.2, 0) is 4.79 Å². The van der Waals surface area contributed by atoms with Gasteiger partial charge in [-0.3, -0.25) is 9.69 Å². The molecule has 5 nitrogen and oxygen atoms in total. The Kier molecular flexibility index (Phi) is 5.77. The summed E-state index contributed by atoms with van der Waals surface area (Å²) in [5.41, 5.74) is -0.560. The highest BCUT2D eigenvalue weighted by atomic mass is 16.3. The highest BCUT2D eigenvalue weighted by Crippen LogP contribution is 2.22. The van der Waals surface area contributed by atoms with Gasteiger partial charge in [0.25, 0.3) is 0 Å². The minimum atomic E-state index is -0.560. The molecule has 19 heavy (non-hydrogen) atoms. The van der Waals surface area contributed by atoms with E-state index in [9.17, 15) is 15.0 Å². The van der Waals surface area contributed by atoms with Crippen molar-refractivity contribution in [2.24, 2.45) is 5.41 Å². The zero-order valence-corrected chi connectivity index (χ0v) is 12.6. The Bertz CT molecular complexity index is 303. The molecule has 1 heterocycles. The first-order chi connectivity index (χ1) is 8.84. The van der Waals surface area contributed by atoms with Gasteiger partial charge in [0.15, 0.2) is 0 Å². The minimum absolute atomic E-state index is 0.0807. The second kappa shape index (κ2) is 6.68. The Morgan fingerprint density at radius 3 is 2.47 bits per heavy atom. The molecule has 1 saturated heterocycles. The topological polar surface area (TPSA) is 64.0 Å². The Labute approximate surface area is 116 Å². The van der Waals surface area contributed by atoms with Gasteiger partial charge in [-0.1, -0.05) is 6.92 Å². The fraction of sp³-hybridized carbons (Fsp3) is 0.929. The maximum absolute atomic E-state index is 12.4. The summed E-state index contributed by atoms with van der Waals surface area (Å²) in [5, 5.41) is 18.7. The quantitative estimate of drug-likeness (QED) is 0.730. The molecule has 1 atom stereocenters. The highest BCUT2D eigenvalue weighted by molar-refractivity contribution is 5.82. The normalized spacial score (nSPS) is 21.6. The third kappa shape index (κ3) is 3.91. The molecule has 1 fully saturated rings. The number of aliphatic hydroxyl groups excluding tert-OH is 2. The lowest BCUT2D eigenvalue weighted by Gasteiger charge is -2.41. The van der Waals surface area contributed by atoms with Crippen molar-refractivity contribution in [3.05, 3.63) is 0 Å². The molecule has 1 rings (SSSR count). The van der Waals surface area contributed by atoms with Crippen LogP contribution in [0.3, 0.4) is 0 Å². The van der Waals surface area contributed by atoms with Crippen molar-refractivity contribution in [1.29, 1.82) is 0 Å². The lowest BCUT2D eigenvalue weighted by molar-refractivity contribution is -0.142. The van der Waals surface area contributed by atoms with E-state index in [4.69, 9.17) is 0 Å². The van der Waals surface area contributed by atoms with Crippen molar-refractivity contribution in [1.82, 2.24) is 9.80 Å². The van der Waals surface area contributed by atoms with Gasteiger partial charge in [-0.25, -0.2) is 0 Å². The first kappa shape index (κ1) is 16.4. The Morgan fingerprint density at radius 1 is 1.42 bits per heavy atom. The summed E-state index contributed by atoms with van der Waals surface area (Å²) in [4.78, 5) is 16.3. The van der Waals surface area contributed by atoms with Gasteiger partial charge in [0.05, 0.1) is 19.3 Å². The summed E-state index contributed by atoms with van der Waals surface area (Å²) < 4.78 is 0. The molecule has 0 spiro atoms. The fourth-order valence-corrected chi connectivity index (χ4v) is 2.66. The first-order valence-corrected chi connectivity index (χ1v) is 7.07. The summed E-state index contributed by atoms with van der Waals surface area (Å²) in [6, 6.07) is 0.0966. The number of nitrogens with zero attached hydrogens (tertiary/aromatic N) is 2. The number of hydrogen-bond donors (Lipinski definition) is 2. The van der Waals surface area contributed by atoms with Gasteiger partial charge in [-0.2, -0.15) is 0 Å². The third-order valence-electron chi connectivity index (χ3n) is 3.99. The van der Waals surface area contributed by atoms with E-state index in [1.54, 1.807) is 0 Å². The standard InChI is InChI=1S/C14H28N2O3/c1-11(2)16-7-5-6-12(13(16)19)15(4)8-14(3,9-17)10-18/h11-12,17-18H,5-10H2,1-4H3/t12-/m1/s1. The van der Waals surface area contributed by atoms with Gasteiger partial charge >= 0.3 is 0 Å². The van der Waals surface area contributed by atoms with E-state index in [2.05, 4.69) is 0 Å². The van der Waals surface area contributed by atoms with Crippen LogP contribution in [0.25, 0.3) is 0 Å². The van der Waals surface area contributed by atoms with Crippen LogP contribution in [-0.4, -0.2) is 71.4 Å². The number of rotatable bonds is 6. The van der Waals surface area contributed by atoms with Crippen LogP contribution in [0.1, 0.15) is 33.6 Å². The van der Waals surface area contributed by atoms with Crippen LogP contribution >= 0.6 is 0 Å². The molecule has 1 amide bonds. The second-order valence-corrected chi connectivity index (χ2v) is 6.33. The molecule has 0 radical (unpaired) electrons. The number of likely N-dealkylation sites (tertiary alicyclic amines) is 1. The Morgan fingerprint density at radius 2 is 2.00 bits per heavy atom. The van der Waals surface area contributed by atoms with Gasteiger partial charge in [0, 0.05) is 24.5 Å². The molecule has 0 aromatic rings. The van der Waals surface area contributed by atoms with Gasteiger partial charge < -0.3 is 15.1 Å². The highest BCUT2D eigenvalue weighted by Gasteiger charge is 2.35. The molecule has 1 aliphatic rings. The Balaban J connectivity index is 2.70. The summed E-state index contributed by atoms with van der Waals surface area (Å²) >= 11 is 0. The molecule has 112 valence electrons. The van der Waals surface area contributed by atoms with Crippen molar-refractivity contribution in [3.8, 4) is 0 Å².